The summed E-state index contributed by atoms with van der Waals surface area (Å²) in [7, 11) is 1.47. The smallest absolute Gasteiger partial charge is 0.382 e. The predicted octanol–water partition coefficient (Wildman–Crippen LogP) is -0.200. The van der Waals surface area contributed by atoms with E-state index in [2.05, 4.69) is 0 Å². The topological polar surface area (TPSA) is 49.5 Å². The average molecular weight is 186 g/mol. The molecule has 6 heteroatoms. The maximum atomic E-state index is 11.7. The molecule has 0 amide bonds. The summed E-state index contributed by atoms with van der Waals surface area (Å²) < 4.78 is 35.2. The van der Waals surface area contributed by atoms with Crippen molar-refractivity contribution >= 4 is 0 Å². The molecule has 12 heavy (non-hydrogen) atoms. The van der Waals surface area contributed by atoms with Crippen LogP contribution in [-0.4, -0.2) is 49.0 Å². The molecule has 0 aromatic rings. The number of halogens is 3. The minimum Gasteiger partial charge on any atom is -0.382 e. The number of nitrogens with two attached hydrogens (primary N) is 1. The van der Waals surface area contributed by atoms with E-state index >= 15 is 0 Å². The molecule has 0 fully saturated rings. The molecule has 0 aromatic heterocycles. The molecule has 3 nitrogen and oxygen atoms in total. The van der Waals surface area contributed by atoms with Crippen LogP contribution in [0.15, 0.2) is 0 Å². The second-order valence-electron chi connectivity index (χ2n) is 2.61. The highest BCUT2D eigenvalue weighted by molar-refractivity contribution is 4.68. The maximum Gasteiger partial charge on any atom is 0.415 e. The van der Waals surface area contributed by atoms with Gasteiger partial charge in [-0.1, -0.05) is 0 Å². The standard InChI is InChI=1S/C6H13F3N2O/c1-11(3-2-10)4-5(12)6(7,8)9/h5,12H,2-4,10H2,1H3. The minimum atomic E-state index is -4.54. The van der Waals surface area contributed by atoms with Crippen LogP contribution in [0.4, 0.5) is 13.2 Å². The maximum absolute atomic E-state index is 11.7. The molecule has 0 aromatic carbocycles. The Labute approximate surface area is 69.0 Å². The van der Waals surface area contributed by atoms with Crippen molar-refractivity contribution in [3.63, 3.8) is 0 Å². The molecule has 1 unspecified atom stereocenters. The normalized spacial score (nSPS) is 15.2. The fourth-order valence-corrected chi connectivity index (χ4v) is 0.710. The fraction of sp³-hybridized carbons (Fsp3) is 1.00. The Balaban J connectivity index is 3.76. The summed E-state index contributed by atoms with van der Waals surface area (Å²) >= 11 is 0. The van der Waals surface area contributed by atoms with Gasteiger partial charge in [0.1, 0.15) is 0 Å². The lowest BCUT2D eigenvalue weighted by Gasteiger charge is -2.21. The molecule has 0 radical (unpaired) electrons. The molecule has 3 N–H and O–H groups in total. The highest BCUT2D eigenvalue weighted by atomic mass is 19.4. The van der Waals surface area contributed by atoms with E-state index in [1.165, 1.54) is 11.9 Å². The van der Waals surface area contributed by atoms with Gasteiger partial charge in [0.05, 0.1) is 0 Å². The molecule has 0 bridgehead atoms. The van der Waals surface area contributed by atoms with Crippen molar-refractivity contribution in [3.8, 4) is 0 Å². The van der Waals surface area contributed by atoms with E-state index in [9.17, 15) is 13.2 Å². The number of nitrogens with zero attached hydrogens (tertiary/aromatic N) is 1. The van der Waals surface area contributed by atoms with Crippen molar-refractivity contribution in [1.29, 1.82) is 0 Å². The fourth-order valence-electron chi connectivity index (χ4n) is 0.710. The Hall–Kier alpha value is -0.330. The quantitative estimate of drug-likeness (QED) is 0.639. The van der Waals surface area contributed by atoms with Crippen LogP contribution >= 0.6 is 0 Å². The molecule has 74 valence electrons. The first-order chi connectivity index (χ1) is 5.38. The zero-order valence-corrected chi connectivity index (χ0v) is 6.80. The molecule has 0 saturated heterocycles. The van der Waals surface area contributed by atoms with Crippen molar-refractivity contribution in [2.75, 3.05) is 26.7 Å². The lowest BCUT2D eigenvalue weighted by molar-refractivity contribution is -0.207. The SMILES string of the molecule is CN(CCN)CC(O)C(F)(F)F. The van der Waals surface area contributed by atoms with Gasteiger partial charge in [0, 0.05) is 19.6 Å². The third-order valence-electron chi connectivity index (χ3n) is 1.37. The van der Waals surface area contributed by atoms with E-state index in [-0.39, 0.29) is 6.54 Å². The van der Waals surface area contributed by atoms with Crippen molar-refractivity contribution < 1.29 is 18.3 Å². The summed E-state index contributed by atoms with van der Waals surface area (Å²) in [6, 6.07) is 0. The number of hydrogen-bond donors (Lipinski definition) is 2. The number of likely N-dealkylation sites (N-methyl/N-ethyl adjacent to an activating group) is 1. The summed E-state index contributed by atoms with van der Waals surface area (Å²) in [4.78, 5) is 1.33. The molecule has 0 aliphatic carbocycles. The molecule has 0 rings (SSSR count). The number of alkyl halides is 3. The van der Waals surface area contributed by atoms with Crippen molar-refractivity contribution in [2.45, 2.75) is 12.3 Å². The van der Waals surface area contributed by atoms with Gasteiger partial charge in [0.25, 0.3) is 0 Å². The van der Waals surface area contributed by atoms with Gasteiger partial charge in [-0.2, -0.15) is 13.2 Å². The first kappa shape index (κ1) is 11.7. The summed E-state index contributed by atoms with van der Waals surface area (Å²) in [6.45, 7) is 0.189. The first-order valence-electron chi connectivity index (χ1n) is 3.51. The second-order valence-corrected chi connectivity index (χ2v) is 2.61. The number of rotatable bonds is 4. The van der Waals surface area contributed by atoms with Crippen LogP contribution in [0, 0.1) is 0 Å². The number of aliphatic hydroxyl groups excluding tert-OH is 1. The van der Waals surface area contributed by atoms with Crippen molar-refractivity contribution in [1.82, 2.24) is 4.90 Å². The van der Waals surface area contributed by atoms with E-state index in [4.69, 9.17) is 10.8 Å². The van der Waals surface area contributed by atoms with Crippen LogP contribution in [-0.2, 0) is 0 Å². The zero-order chi connectivity index (χ0) is 9.78. The summed E-state index contributed by atoms with van der Waals surface area (Å²) in [5.41, 5.74) is 5.11. The van der Waals surface area contributed by atoms with Crippen molar-refractivity contribution in [3.05, 3.63) is 0 Å². The molecule has 0 saturated carbocycles. The van der Waals surface area contributed by atoms with Crippen molar-refractivity contribution in [2.24, 2.45) is 5.73 Å². The van der Waals surface area contributed by atoms with Gasteiger partial charge in [0.2, 0.25) is 0 Å². The Morgan fingerprint density at radius 1 is 1.50 bits per heavy atom. The molecule has 0 aliphatic heterocycles. The molecular formula is C6H13F3N2O. The van der Waals surface area contributed by atoms with Crippen LogP contribution in [0.2, 0.25) is 0 Å². The van der Waals surface area contributed by atoms with E-state index in [1.54, 1.807) is 0 Å². The molecule has 1 atom stereocenters. The van der Waals surface area contributed by atoms with Gasteiger partial charge in [0.15, 0.2) is 6.10 Å². The first-order valence-corrected chi connectivity index (χ1v) is 3.51. The molecule has 0 spiro atoms. The van der Waals surface area contributed by atoms with Gasteiger partial charge >= 0.3 is 6.18 Å². The Morgan fingerprint density at radius 2 is 2.00 bits per heavy atom. The molecule has 0 heterocycles. The third-order valence-corrected chi connectivity index (χ3v) is 1.37. The van der Waals surface area contributed by atoms with Gasteiger partial charge in [-0.25, -0.2) is 0 Å². The summed E-state index contributed by atoms with van der Waals surface area (Å²) in [6.07, 6.45) is -6.82. The van der Waals surface area contributed by atoms with Crippen LogP contribution in [0.25, 0.3) is 0 Å². The second kappa shape index (κ2) is 4.64. The van der Waals surface area contributed by atoms with Crippen LogP contribution < -0.4 is 5.73 Å². The van der Waals surface area contributed by atoms with Gasteiger partial charge < -0.3 is 15.7 Å². The lowest BCUT2D eigenvalue weighted by Crippen LogP contribution is -2.40. The average Bonchev–Trinajstić information content (AvgIpc) is 1.85. The Bertz CT molecular complexity index is 128. The highest BCUT2D eigenvalue weighted by Crippen LogP contribution is 2.20. The van der Waals surface area contributed by atoms with E-state index < -0.39 is 18.8 Å². The van der Waals surface area contributed by atoms with E-state index in [0.29, 0.717) is 6.54 Å². The highest BCUT2D eigenvalue weighted by Gasteiger charge is 2.38. The van der Waals surface area contributed by atoms with Gasteiger partial charge in [-0.3, -0.25) is 0 Å². The Kier molecular flexibility index (Phi) is 4.51. The molecule has 0 aliphatic rings. The largest absolute Gasteiger partial charge is 0.415 e. The summed E-state index contributed by atoms with van der Waals surface area (Å²) in [5, 5.41) is 8.58. The van der Waals surface area contributed by atoms with Crippen LogP contribution in [0.1, 0.15) is 0 Å². The number of aliphatic hydroxyl groups is 1. The van der Waals surface area contributed by atoms with Crippen LogP contribution in [0.3, 0.4) is 0 Å². The minimum absolute atomic E-state index is 0.279. The summed E-state index contributed by atoms with van der Waals surface area (Å²) in [5.74, 6) is 0. The zero-order valence-electron chi connectivity index (χ0n) is 6.80. The van der Waals surface area contributed by atoms with E-state index in [1.807, 2.05) is 0 Å². The number of hydrogen-bond acceptors (Lipinski definition) is 3. The van der Waals surface area contributed by atoms with Gasteiger partial charge in [-0.05, 0) is 7.05 Å². The Morgan fingerprint density at radius 3 is 2.33 bits per heavy atom. The lowest BCUT2D eigenvalue weighted by atomic mass is 10.3. The monoisotopic (exact) mass is 186 g/mol. The van der Waals surface area contributed by atoms with Crippen LogP contribution in [0.5, 0.6) is 0 Å². The third kappa shape index (κ3) is 4.53. The van der Waals surface area contributed by atoms with Gasteiger partial charge in [-0.15, -0.1) is 0 Å². The van der Waals surface area contributed by atoms with E-state index in [0.717, 1.165) is 0 Å². The molecular weight excluding hydrogens is 173 g/mol. The predicted molar refractivity (Wildman–Crippen MR) is 38.6 cm³/mol.